The number of benzene rings is 1. The number of carbonyl (C=O) groups is 2. The number of nitrogens with two attached hydrogens (primary N) is 1. The molecule has 0 fully saturated rings. The molecule has 1 aromatic carbocycles. The largest absolute Gasteiger partial charge is 0.462 e. The van der Waals surface area contributed by atoms with Gasteiger partial charge in [0, 0.05) is 30.5 Å². The molecule has 2 N–H and O–H groups in total. The second-order valence-corrected chi connectivity index (χ2v) is 6.00. The molecule has 0 aromatic heterocycles. The van der Waals surface area contributed by atoms with Gasteiger partial charge in [0.05, 0.1) is 17.4 Å². The van der Waals surface area contributed by atoms with Crippen LogP contribution in [0.2, 0.25) is 0 Å². The molecule has 0 radical (unpaired) electrons. The lowest BCUT2D eigenvalue weighted by Crippen LogP contribution is -2.31. The fourth-order valence-corrected chi connectivity index (χ4v) is 3.32. The predicted octanol–water partition coefficient (Wildman–Crippen LogP) is 2.45. The van der Waals surface area contributed by atoms with Crippen molar-refractivity contribution in [2.24, 2.45) is 5.73 Å². The van der Waals surface area contributed by atoms with E-state index in [1.165, 1.54) is 18.2 Å². The van der Waals surface area contributed by atoms with E-state index in [2.05, 4.69) is 0 Å². The van der Waals surface area contributed by atoms with Crippen LogP contribution in [0.15, 0.2) is 47.1 Å². The summed E-state index contributed by atoms with van der Waals surface area (Å²) in [7, 11) is 0. The number of ether oxygens (including phenoxy) is 2. The Kier molecular flexibility index (Phi) is 4.75. The topological polar surface area (TPSA) is 122 Å². The Hall–Kier alpha value is -3.16. The summed E-state index contributed by atoms with van der Waals surface area (Å²) in [5, 5.41) is 11.1. The highest BCUT2D eigenvalue weighted by Crippen LogP contribution is 2.44. The molecular formula is C18H18N2O6. The van der Waals surface area contributed by atoms with Crippen molar-refractivity contribution in [3.8, 4) is 0 Å². The molecule has 0 spiro atoms. The van der Waals surface area contributed by atoms with E-state index in [0.29, 0.717) is 36.2 Å². The first kappa shape index (κ1) is 17.7. The number of non-ortho nitro benzene ring substituents is 1. The highest BCUT2D eigenvalue weighted by Gasteiger charge is 2.41. The van der Waals surface area contributed by atoms with E-state index in [1.54, 1.807) is 13.0 Å². The normalized spacial score (nSPS) is 19.7. The van der Waals surface area contributed by atoms with E-state index in [0.717, 1.165) is 0 Å². The minimum Gasteiger partial charge on any atom is -0.462 e. The zero-order valence-corrected chi connectivity index (χ0v) is 14.2. The maximum Gasteiger partial charge on any atom is 0.340 e. The van der Waals surface area contributed by atoms with Crippen LogP contribution in [0.1, 0.15) is 37.7 Å². The molecule has 136 valence electrons. The number of hydrogen-bond donors (Lipinski definition) is 1. The number of nitrogens with zero attached hydrogens (tertiary/aromatic N) is 1. The van der Waals surface area contributed by atoms with Gasteiger partial charge in [-0.1, -0.05) is 12.1 Å². The SMILES string of the molecule is CCOC(=O)C1=C(N)OC2=C(C(=O)CCC2)[C@@H]1c1cccc([N+](=O)[O-])c1. The van der Waals surface area contributed by atoms with Gasteiger partial charge in [-0.2, -0.15) is 0 Å². The van der Waals surface area contributed by atoms with Crippen molar-refractivity contribution in [1.29, 1.82) is 0 Å². The summed E-state index contributed by atoms with van der Waals surface area (Å²) in [4.78, 5) is 35.7. The molecule has 0 saturated carbocycles. The van der Waals surface area contributed by atoms with Gasteiger partial charge in [0.2, 0.25) is 5.88 Å². The number of allylic oxidation sites excluding steroid dienone is 2. The number of carbonyl (C=O) groups excluding carboxylic acids is 2. The first-order valence-electron chi connectivity index (χ1n) is 8.29. The number of rotatable bonds is 4. The number of nitro groups is 1. The Balaban J connectivity index is 2.19. The minimum absolute atomic E-state index is 0.00125. The van der Waals surface area contributed by atoms with E-state index in [1.807, 2.05) is 0 Å². The smallest absolute Gasteiger partial charge is 0.340 e. The maximum atomic E-state index is 12.6. The van der Waals surface area contributed by atoms with Gasteiger partial charge in [-0.25, -0.2) is 4.79 Å². The van der Waals surface area contributed by atoms with Crippen LogP contribution in [0.25, 0.3) is 0 Å². The van der Waals surface area contributed by atoms with Crippen LogP contribution < -0.4 is 5.73 Å². The molecule has 0 saturated heterocycles. The molecule has 8 nitrogen and oxygen atoms in total. The highest BCUT2D eigenvalue weighted by molar-refractivity contribution is 6.03. The zero-order valence-electron chi connectivity index (χ0n) is 14.2. The van der Waals surface area contributed by atoms with Crippen LogP contribution in [0.5, 0.6) is 0 Å². The Labute approximate surface area is 149 Å². The van der Waals surface area contributed by atoms with Gasteiger partial charge in [-0.05, 0) is 18.9 Å². The van der Waals surface area contributed by atoms with E-state index < -0.39 is 16.8 Å². The number of ketones is 1. The molecule has 3 rings (SSSR count). The number of esters is 1. The molecular weight excluding hydrogens is 340 g/mol. The molecule has 8 heteroatoms. The van der Waals surface area contributed by atoms with Crippen LogP contribution in [0.4, 0.5) is 5.69 Å². The molecule has 0 unspecified atom stereocenters. The third kappa shape index (κ3) is 3.05. The van der Waals surface area contributed by atoms with Crippen LogP contribution in [-0.4, -0.2) is 23.3 Å². The highest BCUT2D eigenvalue weighted by atomic mass is 16.6. The molecule has 2 aliphatic rings. The quantitative estimate of drug-likeness (QED) is 0.498. The van der Waals surface area contributed by atoms with Gasteiger partial charge < -0.3 is 15.2 Å². The van der Waals surface area contributed by atoms with Crippen molar-refractivity contribution in [2.75, 3.05) is 6.61 Å². The van der Waals surface area contributed by atoms with Gasteiger partial charge >= 0.3 is 5.97 Å². The van der Waals surface area contributed by atoms with Gasteiger partial charge in [0.25, 0.3) is 5.69 Å². The number of Topliss-reactive ketones (excluding diaryl/α,β-unsaturated/α-hetero) is 1. The third-order valence-electron chi connectivity index (χ3n) is 4.39. The summed E-state index contributed by atoms with van der Waals surface area (Å²) >= 11 is 0. The van der Waals surface area contributed by atoms with Crippen LogP contribution in [0, 0.1) is 10.1 Å². The lowest BCUT2D eigenvalue weighted by molar-refractivity contribution is -0.384. The van der Waals surface area contributed by atoms with Crippen LogP contribution >= 0.6 is 0 Å². The minimum atomic E-state index is -0.842. The van der Waals surface area contributed by atoms with E-state index in [-0.39, 0.29) is 29.5 Å². The lowest BCUT2D eigenvalue weighted by atomic mass is 9.77. The van der Waals surface area contributed by atoms with Crippen molar-refractivity contribution >= 4 is 17.4 Å². The van der Waals surface area contributed by atoms with Gasteiger partial charge in [0.1, 0.15) is 11.3 Å². The predicted molar refractivity (Wildman–Crippen MR) is 90.7 cm³/mol. The molecule has 1 aliphatic heterocycles. The second kappa shape index (κ2) is 6.99. The molecule has 1 aliphatic carbocycles. The molecule has 26 heavy (non-hydrogen) atoms. The second-order valence-electron chi connectivity index (χ2n) is 6.00. The summed E-state index contributed by atoms with van der Waals surface area (Å²) in [6, 6.07) is 5.82. The van der Waals surface area contributed by atoms with Crippen LogP contribution in [-0.2, 0) is 19.1 Å². The Morgan fingerprint density at radius 2 is 2.19 bits per heavy atom. The lowest BCUT2D eigenvalue weighted by Gasteiger charge is -2.32. The standard InChI is InChI=1S/C18H18N2O6/c1-2-25-18(22)16-14(10-5-3-6-11(9-10)20(23)24)15-12(21)7-4-8-13(15)26-17(16)19/h3,5-6,9,14H,2,4,7-8,19H2,1H3/t14-/m0/s1. The average molecular weight is 358 g/mol. The Bertz CT molecular complexity index is 855. The van der Waals surface area contributed by atoms with Gasteiger partial charge in [0.15, 0.2) is 5.78 Å². The Morgan fingerprint density at radius 3 is 2.88 bits per heavy atom. The van der Waals surface area contributed by atoms with Gasteiger partial charge in [-0.3, -0.25) is 14.9 Å². The first-order valence-corrected chi connectivity index (χ1v) is 8.29. The molecule has 1 heterocycles. The van der Waals surface area contributed by atoms with Crippen molar-refractivity contribution in [3.63, 3.8) is 0 Å². The van der Waals surface area contributed by atoms with E-state index >= 15 is 0 Å². The zero-order chi connectivity index (χ0) is 18.8. The molecule has 0 bridgehead atoms. The van der Waals surface area contributed by atoms with Crippen LogP contribution in [0.3, 0.4) is 0 Å². The summed E-state index contributed by atoms with van der Waals surface area (Å²) in [5.74, 6) is -1.41. The Morgan fingerprint density at radius 1 is 1.42 bits per heavy atom. The number of nitro benzene ring substituents is 1. The summed E-state index contributed by atoms with van der Waals surface area (Å²) in [6.45, 7) is 1.77. The maximum absolute atomic E-state index is 12.6. The average Bonchev–Trinajstić information content (AvgIpc) is 2.61. The fourth-order valence-electron chi connectivity index (χ4n) is 3.32. The van der Waals surface area contributed by atoms with Crippen molar-refractivity contribution in [3.05, 3.63) is 62.7 Å². The molecule has 1 atom stereocenters. The van der Waals surface area contributed by atoms with Crippen molar-refractivity contribution in [2.45, 2.75) is 32.1 Å². The summed E-state index contributed by atoms with van der Waals surface area (Å²) in [5.41, 5.74) is 6.58. The van der Waals surface area contributed by atoms with E-state index in [9.17, 15) is 19.7 Å². The summed E-state index contributed by atoms with van der Waals surface area (Å²) in [6.07, 6.45) is 1.47. The molecule has 0 amide bonds. The monoisotopic (exact) mass is 358 g/mol. The van der Waals surface area contributed by atoms with Crippen molar-refractivity contribution < 1.29 is 24.0 Å². The molecule has 1 aromatic rings. The van der Waals surface area contributed by atoms with Crippen molar-refractivity contribution in [1.82, 2.24) is 0 Å². The van der Waals surface area contributed by atoms with E-state index in [4.69, 9.17) is 15.2 Å². The third-order valence-corrected chi connectivity index (χ3v) is 4.39. The van der Waals surface area contributed by atoms with Gasteiger partial charge in [-0.15, -0.1) is 0 Å². The first-order chi connectivity index (χ1) is 12.4. The summed E-state index contributed by atoms with van der Waals surface area (Å²) < 4.78 is 10.6. The fraction of sp³-hybridized carbons (Fsp3) is 0.333. The number of hydrogen-bond acceptors (Lipinski definition) is 7.